The van der Waals surface area contributed by atoms with Gasteiger partial charge in [0.1, 0.15) is 0 Å². The molecule has 0 unspecified atom stereocenters. The summed E-state index contributed by atoms with van der Waals surface area (Å²) in [4.78, 5) is 0. The van der Waals surface area contributed by atoms with Crippen LogP contribution in [0.15, 0.2) is 11.1 Å². The molecule has 0 aromatic carbocycles. The standard InChI is InChI=1S/C22H36O3/c1-13-11-15-16-6-9-21(4,25)20(16,3)8-5-17(15)22(12-23)10-7-18(24)14(2)19(13)22/h14-18,23-25H,5-12H2,1-4H3/t14-,15+,16+,17+,18+,20+,21+,22+/m1/s1. The van der Waals surface area contributed by atoms with Crippen LogP contribution in [0, 0.1) is 34.5 Å². The zero-order chi connectivity index (χ0) is 18.2. The Kier molecular flexibility index (Phi) is 4.00. The van der Waals surface area contributed by atoms with Crippen LogP contribution < -0.4 is 0 Å². The van der Waals surface area contributed by atoms with Crippen molar-refractivity contribution in [3.8, 4) is 0 Å². The van der Waals surface area contributed by atoms with Crippen molar-refractivity contribution in [3.63, 3.8) is 0 Å². The predicted octanol–water partition coefficient (Wildman–Crippen LogP) is 3.67. The van der Waals surface area contributed by atoms with Crippen molar-refractivity contribution in [1.29, 1.82) is 0 Å². The van der Waals surface area contributed by atoms with E-state index in [4.69, 9.17) is 0 Å². The van der Waals surface area contributed by atoms with Crippen LogP contribution in [-0.2, 0) is 0 Å². The Bertz CT molecular complexity index is 594. The van der Waals surface area contributed by atoms with Crippen molar-refractivity contribution in [3.05, 3.63) is 11.1 Å². The summed E-state index contributed by atoms with van der Waals surface area (Å²) in [6.07, 6.45) is 6.76. The second kappa shape index (κ2) is 5.56. The number of hydrogen-bond donors (Lipinski definition) is 3. The van der Waals surface area contributed by atoms with Gasteiger partial charge in [-0.25, -0.2) is 0 Å². The molecule has 0 amide bonds. The third-order valence-electron chi connectivity index (χ3n) is 9.45. The van der Waals surface area contributed by atoms with Gasteiger partial charge in [-0.2, -0.15) is 0 Å². The predicted molar refractivity (Wildman–Crippen MR) is 98.9 cm³/mol. The van der Waals surface area contributed by atoms with Crippen LogP contribution in [-0.4, -0.2) is 33.6 Å². The molecular weight excluding hydrogens is 312 g/mol. The number of fused-ring (bicyclic) bond motifs is 5. The van der Waals surface area contributed by atoms with Gasteiger partial charge in [0, 0.05) is 11.3 Å². The van der Waals surface area contributed by atoms with E-state index in [2.05, 4.69) is 20.8 Å². The van der Waals surface area contributed by atoms with E-state index >= 15 is 0 Å². The fraction of sp³-hybridized carbons (Fsp3) is 0.909. The first-order valence-electron chi connectivity index (χ1n) is 10.4. The molecule has 3 saturated carbocycles. The lowest BCUT2D eigenvalue weighted by molar-refractivity contribution is -0.128. The molecule has 0 saturated heterocycles. The first kappa shape index (κ1) is 18.0. The summed E-state index contributed by atoms with van der Waals surface area (Å²) < 4.78 is 0. The molecule has 0 radical (unpaired) electrons. The molecule has 3 nitrogen and oxygen atoms in total. The Morgan fingerprint density at radius 1 is 1.04 bits per heavy atom. The quantitative estimate of drug-likeness (QED) is 0.634. The number of rotatable bonds is 1. The summed E-state index contributed by atoms with van der Waals surface area (Å²) in [5.41, 5.74) is 2.13. The summed E-state index contributed by atoms with van der Waals surface area (Å²) in [7, 11) is 0. The smallest absolute Gasteiger partial charge is 0.0675 e. The van der Waals surface area contributed by atoms with E-state index in [0.29, 0.717) is 17.8 Å². The molecule has 0 spiro atoms. The second-order valence-electron chi connectivity index (χ2n) is 10.3. The molecule has 0 aromatic heterocycles. The van der Waals surface area contributed by atoms with E-state index in [0.717, 1.165) is 44.9 Å². The van der Waals surface area contributed by atoms with Crippen molar-refractivity contribution in [1.82, 2.24) is 0 Å². The van der Waals surface area contributed by atoms with Gasteiger partial charge in [-0.3, -0.25) is 0 Å². The largest absolute Gasteiger partial charge is 0.395 e. The van der Waals surface area contributed by atoms with Crippen LogP contribution in [0.4, 0.5) is 0 Å². The van der Waals surface area contributed by atoms with Gasteiger partial charge < -0.3 is 15.3 Å². The van der Waals surface area contributed by atoms with E-state index < -0.39 is 5.60 Å². The summed E-state index contributed by atoms with van der Waals surface area (Å²) >= 11 is 0. The summed E-state index contributed by atoms with van der Waals surface area (Å²) in [5.74, 6) is 1.81. The van der Waals surface area contributed by atoms with Crippen LogP contribution >= 0.6 is 0 Å². The minimum atomic E-state index is -0.553. The number of allylic oxidation sites excluding steroid dienone is 1. The summed E-state index contributed by atoms with van der Waals surface area (Å²) in [6.45, 7) is 8.97. The lowest BCUT2D eigenvalue weighted by atomic mass is 9.44. The van der Waals surface area contributed by atoms with Crippen molar-refractivity contribution < 1.29 is 15.3 Å². The van der Waals surface area contributed by atoms with Gasteiger partial charge in [0.2, 0.25) is 0 Å². The first-order valence-corrected chi connectivity index (χ1v) is 10.4. The average molecular weight is 349 g/mol. The minimum Gasteiger partial charge on any atom is -0.395 e. The molecule has 25 heavy (non-hydrogen) atoms. The normalized spacial score (nSPS) is 55.6. The molecule has 3 heteroatoms. The third kappa shape index (κ3) is 2.15. The average Bonchev–Trinajstić information content (AvgIpc) is 2.81. The van der Waals surface area contributed by atoms with Gasteiger partial charge in [0.05, 0.1) is 18.3 Å². The van der Waals surface area contributed by atoms with Crippen LogP contribution in [0.25, 0.3) is 0 Å². The van der Waals surface area contributed by atoms with Crippen molar-refractivity contribution in [2.45, 2.75) is 84.3 Å². The molecule has 3 N–H and O–H groups in total. The Labute approximate surface area is 152 Å². The lowest BCUT2D eigenvalue weighted by Gasteiger charge is -2.61. The topological polar surface area (TPSA) is 60.7 Å². The maximum atomic E-state index is 11.0. The summed E-state index contributed by atoms with van der Waals surface area (Å²) in [6, 6.07) is 0. The zero-order valence-corrected chi connectivity index (χ0v) is 16.4. The number of aliphatic hydroxyl groups excluding tert-OH is 2. The Balaban J connectivity index is 1.79. The zero-order valence-electron chi connectivity index (χ0n) is 16.4. The third-order valence-corrected chi connectivity index (χ3v) is 9.45. The van der Waals surface area contributed by atoms with E-state index in [1.807, 2.05) is 6.92 Å². The Hall–Kier alpha value is -0.380. The van der Waals surface area contributed by atoms with Gasteiger partial charge in [-0.15, -0.1) is 0 Å². The van der Waals surface area contributed by atoms with Gasteiger partial charge in [0.15, 0.2) is 0 Å². The second-order valence-corrected chi connectivity index (χ2v) is 10.3. The highest BCUT2D eigenvalue weighted by molar-refractivity contribution is 5.33. The SMILES string of the molecule is CC1=C2[C@H](C)[C@@H](O)CC[C@]2(CO)[C@H]2CC[C@@]3(C)[C@@H](CC[C@]3(C)O)[C@@H]2C1. The van der Waals surface area contributed by atoms with Crippen molar-refractivity contribution >= 4 is 0 Å². The lowest BCUT2D eigenvalue weighted by Crippen LogP contribution is -2.57. The van der Waals surface area contributed by atoms with E-state index in [-0.39, 0.29) is 29.5 Å². The molecule has 0 bridgehead atoms. The Morgan fingerprint density at radius 3 is 2.40 bits per heavy atom. The molecular formula is C22H36O3. The van der Waals surface area contributed by atoms with E-state index in [1.54, 1.807) is 0 Å². The van der Waals surface area contributed by atoms with Gasteiger partial charge in [-0.1, -0.05) is 25.0 Å². The number of hydrogen-bond acceptors (Lipinski definition) is 3. The molecule has 4 aliphatic rings. The Morgan fingerprint density at radius 2 is 1.72 bits per heavy atom. The fourth-order valence-electron chi connectivity index (χ4n) is 7.88. The maximum absolute atomic E-state index is 11.0. The van der Waals surface area contributed by atoms with Crippen LogP contribution in [0.2, 0.25) is 0 Å². The van der Waals surface area contributed by atoms with E-state index in [1.165, 1.54) is 11.1 Å². The first-order chi connectivity index (χ1) is 11.7. The highest BCUT2D eigenvalue weighted by Gasteiger charge is 2.63. The molecule has 8 atom stereocenters. The minimum absolute atomic E-state index is 0.0163. The van der Waals surface area contributed by atoms with Gasteiger partial charge in [0.25, 0.3) is 0 Å². The number of aliphatic hydroxyl groups is 3. The van der Waals surface area contributed by atoms with E-state index in [9.17, 15) is 15.3 Å². The van der Waals surface area contributed by atoms with Crippen molar-refractivity contribution in [2.75, 3.05) is 6.61 Å². The van der Waals surface area contributed by atoms with Gasteiger partial charge >= 0.3 is 0 Å². The summed E-state index contributed by atoms with van der Waals surface area (Å²) in [5, 5.41) is 32.1. The highest BCUT2D eigenvalue weighted by Crippen LogP contribution is 2.68. The van der Waals surface area contributed by atoms with Crippen LogP contribution in [0.3, 0.4) is 0 Å². The van der Waals surface area contributed by atoms with Gasteiger partial charge in [-0.05, 0) is 82.0 Å². The molecule has 3 fully saturated rings. The molecule has 4 rings (SSSR count). The van der Waals surface area contributed by atoms with Crippen LogP contribution in [0.5, 0.6) is 0 Å². The van der Waals surface area contributed by atoms with Crippen molar-refractivity contribution in [2.24, 2.45) is 34.5 Å². The highest BCUT2D eigenvalue weighted by atomic mass is 16.3. The maximum Gasteiger partial charge on any atom is 0.0675 e. The molecule has 0 heterocycles. The molecule has 142 valence electrons. The van der Waals surface area contributed by atoms with Crippen LogP contribution in [0.1, 0.15) is 72.6 Å². The molecule has 0 aromatic rings. The fourth-order valence-corrected chi connectivity index (χ4v) is 7.88. The molecule has 0 aliphatic heterocycles. The monoisotopic (exact) mass is 348 g/mol. The molecule has 4 aliphatic carbocycles.